The molecule has 0 saturated heterocycles. The number of amides is 1. The lowest BCUT2D eigenvalue weighted by molar-refractivity contribution is -0.151. The molecule has 2 unspecified atom stereocenters. The van der Waals surface area contributed by atoms with Crippen molar-refractivity contribution >= 4 is 49.1 Å². The molecular formula is C46H87Cl3N4O3. The topological polar surface area (TPSA) is 111 Å². The number of hydrogen-bond donors (Lipinski definition) is 3. The number of nitrogens with zero attached hydrogens (tertiary/aromatic N) is 1. The van der Waals surface area contributed by atoms with Crippen molar-refractivity contribution in [3.05, 3.63) is 11.6 Å². The smallest absolute Gasteiger partial charge is 0.306 e. The Kier molecular flexibility index (Phi) is 24.1. The van der Waals surface area contributed by atoms with Crippen molar-refractivity contribution in [3.63, 3.8) is 0 Å². The predicted octanol–water partition coefficient (Wildman–Crippen LogP) is 10.7. The standard InChI is InChI=1S/C46H84N4O3.3ClH/c1-9-36(32(2)3)16-15-33(4)40-19-20-41-39-18-17-37-31-38(21-25-45(37,7)42(39)22-26-46(40,41)8)53-44(52)14-12-13-43(51)50(30-24-35(6)48)29-11-10-27-49-28-23-34(5)47;;;/h17,32-36,38-42,49H,9-16,18-31,47-48H2,1-8H3;3*1H/t33-,34?,35?,36-,38+,39+,40-,41+,42+,45+,46-;;;/m1.../s1. The fourth-order valence-electron chi connectivity index (χ4n) is 11.9. The van der Waals surface area contributed by atoms with Crippen molar-refractivity contribution < 1.29 is 14.3 Å². The van der Waals surface area contributed by atoms with Crippen molar-refractivity contribution in [3.8, 4) is 0 Å². The van der Waals surface area contributed by atoms with Gasteiger partial charge in [0.05, 0.1) is 0 Å². The monoisotopic (exact) mass is 849 g/mol. The first-order valence-corrected chi connectivity index (χ1v) is 22.6. The van der Waals surface area contributed by atoms with Crippen LogP contribution in [0.4, 0.5) is 0 Å². The molecule has 0 aromatic rings. The van der Waals surface area contributed by atoms with Crippen LogP contribution in [0.25, 0.3) is 0 Å². The molecule has 56 heavy (non-hydrogen) atoms. The average Bonchev–Trinajstić information content (AvgIpc) is 3.46. The molecule has 0 aromatic heterocycles. The summed E-state index contributed by atoms with van der Waals surface area (Å²) in [6, 6.07) is 0.274. The normalized spacial score (nSPS) is 30.1. The van der Waals surface area contributed by atoms with Crippen molar-refractivity contribution in [2.45, 2.75) is 189 Å². The van der Waals surface area contributed by atoms with Crippen LogP contribution < -0.4 is 16.8 Å². The zero-order valence-corrected chi connectivity index (χ0v) is 39.4. The number of halogens is 3. The molecule has 330 valence electrons. The molecule has 11 atom stereocenters. The van der Waals surface area contributed by atoms with E-state index in [0.29, 0.717) is 31.2 Å². The van der Waals surface area contributed by atoms with E-state index in [1.807, 2.05) is 18.7 Å². The number of carbonyl (C=O) groups is 2. The number of esters is 1. The third-order valence-corrected chi connectivity index (χ3v) is 15.4. The number of allylic oxidation sites excluding steroid dienone is 1. The van der Waals surface area contributed by atoms with E-state index in [1.165, 1.54) is 51.4 Å². The number of ether oxygens (including phenoxy) is 1. The van der Waals surface area contributed by atoms with Crippen LogP contribution in [0.1, 0.15) is 171 Å². The molecule has 0 spiro atoms. The maximum Gasteiger partial charge on any atom is 0.306 e. The fourth-order valence-corrected chi connectivity index (χ4v) is 11.9. The van der Waals surface area contributed by atoms with Gasteiger partial charge >= 0.3 is 5.97 Å². The molecule has 5 N–H and O–H groups in total. The van der Waals surface area contributed by atoms with E-state index in [0.717, 1.165) is 106 Å². The Morgan fingerprint density at radius 1 is 0.839 bits per heavy atom. The van der Waals surface area contributed by atoms with Crippen LogP contribution in [-0.2, 0) is 14.3 Å². The molecule has 0 heterocycles. The Hall–Kier alpha value is -0.570. The summed E-state index contributed by atoms with van der Waals surface area (Å²) < 4.78 is 6.12. The van der Waals surface area contributed by atoms with E-state index in [9.17, 15) is 9.59 Å². The number of carbonyl (C=O) groups excluding carboxylic acids is 2. The summed E-state index contributed by atoms with van der Waals surface area (Å²) in [6.45, 7) is 22.3. The van der Waals surface area contributed by atoms with Crippen LogP contribution in [-0.4, -0.2) is 61.1 Å². The minimum Gasteiger partial charge on any atom is -0.462 e. The summed E-state index contributed by atoms with van der Waals surface area (Å²) >= 11 is 0. The van der Waals surface area contributed by atoms with Crippen LogP contribution in [0.15, 0.2) is 11.6 Å². The van der Waals surface area contributed by atoms with Crippen molar-refractivity contribution in [1.29, 1.82) is 0 Å². The van der Waals surface area contributed by atoms with E-state index < -0.39 is 0 Å². The van der Waals surface area contributed by atoms with E-state index in [4.69, 9.17) is 16.2 Å². The lowest BCUT2D eigenvalue weighted by Gasteiger charge is -2.58. The van der Waals surface area contributed by atoms with Crippen molar-refractivity contribution in [2.24, 2.45) is 63.7 Å². The molecule has 0 aromatic carbocycles. The van der Waals surface area contributed by atoms with Crippen LogP contribution in [0, 0.1) is 52.3 Å². The average molecular weight is 851 g/mol. The second kappa shape index (κ2) is 25.3. The molecule has 4 aliphatic carbocycles. The molecule has 3 saturated carbocycles. The molecule has 3 fully saturated rings. The molecule has 1 amide bonds. The van der Waals surface area contributed by atoms with Gasteiger partial charge in [0, 0.05) is 44.4 Å². The highest BCUT2D eigenvalue weighted by Gasteiger charge is 2.59. The van der Waals surface area contributed by atoms with Gasteiger partial charge in [-0.2, -0.15) is 0 Å². The van der Waals surface area contributed by atoms with Gasteiger partial charge in [-0.3, -0.25) is 9.59 Å². The van der Waals surface area contributed by atoms with E-state index in [-0.39, 0.29) is 72.7 Å². The van der Waals surface area contributed by atoms with Gasteiger partial charge in [0.15, 0.2) is 0 Å². The van der Waals surface area contributed by atoms with E-state index in [2.05, 4.69) is 52.9 Å². The van der Waals surface area contributed by atoms with Crippen molar-refractivity contribution in [1.82, 2.24) is 10.2 Å². The molecule has 4 rings (SSSR count). The predicted molar refractivity (Wildman–Crippen MR) is 243 cm³/mol. The molecule has 0 bridgehead atoms. The number of unbranched alkanes of at least 4 members (excludes halogenated alkanes) is 1. The summed E-state index contributed by atoms with van der Waals surface area (Å²) in [7, 11) is 0. The maximum absolute atomic E-state index is 13.2. The molecular weight excluding hydrogens is 763 g/mol. The third-order valence-electron chi connectivity index (χ3n) is 15.4. The molecule has 0 aliphatic heterocycles. The second-order valence-corrected chi connectivity index (χ2v) is 19.5. The number of hydrogen-bond acceptors (Lipinski definition) is 6. The Morgan fingerprint density at radius 2 is 1.55 bits per heavy atom. The number of rotatable bonds is 22. The van der Waals surface area contributed by atoms with Gasteiger partial charge in [0.25, 0.3) is 0 Å². The van der Waals surface area contributed by atoms with Gasteiger partial charge in [-0.1, -0.05) is 66.0 Å². The van der Waals surface area contributed by atoms with Gasteiger partial charge in [0.1, 0.15) is 6.10 Å². The first-order valence-electron chi connectivity index (χ1n) is 22.6. The van der Waals surface area contributed by atoms with E-state index in [1.54, 1.807) is 5.57 Å². The van der Waals surface area contributed by atoms with Crippen LogP contribution >= 0.6 is 37.2 Å². The highest BCUT2D eigenvalue weighted by molar-refractivity contribution is 5.86. The zero-order chi connectivity index (χ0) is 38.8. The Morgan fingerprint density at radius 3 is 2.21 bits per heavy atom. The summed E-state index contributed by atoms with van der Waals surface area (Å²) in [5.74, 6) is 5.79. The summed E-state index contributed by atoms with van der Waals surface area (Å²) in [5.41, 5.74) is 14.2. The zero-order valence-electron chi connectivity index (χ0n) is 37.0. The van der Waals surface area contributed by atoms with Crippen LogP contribution in [0.2, 0.25) is 0 Å². The highest BCUT2D eigenvalue weighted by atomic mass is 35.5. The Bertz CT molecular complexity index is 1190. The third kappa shape index (κ3) is 14.3. The van der Waals surface area contributed by atoms with Gasteiger partial charge in [-0.25, -0.2) is 0 Å². The first kappa shape index (κ1) is 53.4. The van der Waals surface area contributed by atoms with E-state index >= 15 is 0 Å². The van der Waals surface area contributed by atoms with Gasteiger partial charge < -0.3 is 26.4 Å². The lowest BCUT2D eigenvalue weighted by atomic mass is 9.47. The maximum atomic E-state index is 13.2. The van der Waals surface area contributed by atoms with Crippen LogP contribution in [0.3, 0.4) is 0 Å². The second-order valence-electron chi connectivity index (χ2n) is 19.5. The minimum absolute atomic E-state index is 0. The first-order chi connectivity index (χ1) is 25.2. The quantitative estimate of drug-likeness (QED) is 0.0568. The molecule has 7 nitrogen and oxygen atoms in total. The molecule has 10 heteroatoms. The molecule has 4 aliphatic rings. The number of fused-ring (bicyclic) bond motifs is 5. The minimum atomic E-state index is -0.140. The Balaban J connectivity index is 0.00000523. The summed E-state index contributed by atoms with van der Waals surface area (Å²) in [4.78, 5) is 28.2. The summed E-state index contributed by atoms with van der Waals surface area (Å²) in [5, 5.41) is 3.45. The van der Waals surface area contributed by atoms with Crippen LogP contribution in [0.5, 0.6) is 0 Å². The Labute approximate surface area is 362 Å². The fraction of sp³-hybridized carbons (Fsp3) is 0.913. The molecule has 0 radical (unpaired) electrons. The van der Waals surface area contributed by atoms with Gasteiger partial charge in [0.2, 0.25) is 5.91 Å². The summed E-state index contributed by atoms with van der Waals surface area (Å²) in [6.07, 6.45) is 21.5. The van der Waals surface area contributed by atoms with Gasteiger partial charge in [-0.05, 0) is 163 Å². The van der Waals surface area contributed by atoms with Gasteiger partial charge in [-0.15, -0.1) is 37.2 Å². The lowest BCUT2D eigenvalue weighted by Crippen LogP contribution is -2.51. The largest absolute Gasteiger partial charge is 0.462 e. The van der Waals surface area contributed by atoms with Crippen molar-refractivity contribution in [2.75, 3.05) is 26.2 Å². The number of nitrogens with one attached hydrogen (secondary N) is 1. The SMILES string of the molecule is CC[C@H](CC[C@@H](C)[C@H]1CC[C@H]2[C@@H]3CC=C4C[C@@H](OC(=O)CCCC(=O)N(CCCCNCCC(C)N)CCC(C)N)CC[C@]4(C)[C@H]3CC[C@]12C)C(C)C.Cl.Cl.Cl. The number of nitrogens with two attached hydrogens (primary N) is 2. The highest BCUT2D eigenvalue weighted by Crippen LogP contribution is 2.67.